The molecule has 1 N–H and O–H groups in total. The van der Waals surface area contributed by atoms with E-state index in [1.807, 2.05) is 48.7 Å². The molecule has 2 heteroatoms. The largest absolute Gasteiger partial charge is 0.378 e. The second-order valence-corrected chi connectivity index (χ2v) is 4.39. The number of fused-ring (bicyclic) bond motifs is 1. The summed E-state index contributed by atoms with van der Waals surface area (Å²) in [5, 5.41) is 10.7. The summed E-state index contributed by atoms with van der Waals surface area (Å²) in [5.41, 5.74) is 1.45. The summed E-state index contributed by atoms with van der Waals surface area (Å²) >= 11 is 0. The zero-order chi connectivity index (χ0) is 11.0. The Morgan fingerprint density at radius 2 is 1.75 bits per heavy atom. The van der Waals surface area contributed by atoms with Crippen molar-refractivity contribution in [3.8, 4) is 0 Å². The molecule has 0 bridgehead atoms. The Bertz CT molecular complexity index is 482. The number of hydrogen-bond acceptors (Lipinski definition) is 1. The molecule has 1 aliphatic rings. The van der Waals surface area contributed by atoms with Gasteiger partial charge in [0.15, 0.2) is 24.0 Å². The summed E-state index contributed by atoms with van der Waals surface area (Å²) in [7, 11) is 0. The van der Waals surface area contributed by atoms with Crippen LogP contribution in [0.15, 0.2) is 54.7 Å². The number of benzene rings is 1. The van der Waals surface area contributed by atoms with E-state index in [9.17, 15) is 5.11 Å². The van der Waals surface area contributed by atoms with Crippen molar-refractivity contribution in [3.05, 3.63) is 66.0 Å². The van der Waals surface area contributed by atoms with Gasteiger partial charge in [-0.15, -0.1) is 0 Å². The molecule has 0 spiro atoms. The third-order valence-electron chi connectivity index (χ3n) is 3.25. The van der Waals surface area contributed by atoms with Gasteiger partial charge in [0.1, 0.15) is 0 Å². The highest BCUT2D eigenvalue weighted by Gasteiger charge is 2.42. The number of hydrogen-bond donors (Lipinski definition) is 1. The topological polar surface area (TPSA) is 24.1 Å². The monoisotopic (exact) mass is 212 g/mol. The Labute approximate surface area is 94.8 Å². The van der Waals surface area contributed by atoms with E-state index >= 15 is 0 Å². The molecule has 0 saturated carbocycles. The quantitative estimate of drug-likeness (QED) is 0.710. The van der Waals surface area contributed by atoms with Crippen LogP contribution in [-0.4, -0.2) is 5.11 Å². The van der Waals surface area contributed by atoms with E-state index in [2.05, 4.69) is 10.6 Å². The van der Waals surface area contributed by atoms with Crippen molar-refractivity contribution < 1.29 is 9.67 Å². The van der Waals surface area contributed by atoms with Crippen LogP contribution in [0, 0.1) is 0 Å². The Kier molecular flexibility index (Phi) is 2.04. The predicted octanol–water partition coefficient (Wildman–Crippen LogP) is 1.42. The van der Waals surface area contributed by atoms with Gasteiger partial charge in [0.05, 0.1) is 6.42 Å². The Morgan fingerprint density at radius 3 is 2.50 bits per heavy atom. The van der Waals surface area contributed by atoms with Gasteiger partial charge in [0.25, 0.3) is 0 Å². The molecule has 0 aliphatic carbocycles. The zero-order valence-electron chi connectivity index (χ0n) is 9.00. The molecule has 1 aromatic heterocycles. The van der Waals surface area contributed by atoms with Gasteiger partial charge in [-0.1, -0.05) is 36.4 Å². The molecule has 1 unspecified atom stereocenters. The standard InChI is InChI=1S/C14H14NO/c16-14(12-6-2-1-3-7-12)10-13-8-4-5-9-15(13)11-14/h1-9,16H,10-11H2/q+1. The SMILES string of the molecule is OC1(c2ccccc2)Cc2cccc[n+]2C1. The fourth-order valence-electron chi connectivity index (χ4n) is 2.41. The van der Waals surface area contributed by atoms with Crippen molar-refractivity contribution in [2.24, 2.45) is 0 Å². The zero-order valence-corrected chi connectivity index (χ0v) is 9.00. The molecule has 1 aliphatic heterocycles. The lowest BCUT2D eigenvalue weighted by molar-refractivity contribution is -0.700. The van der Waals surface area contributed by atoms with Crippen LogP contribution >= 0.6 is 0 Å². The normalized spacial score (nSPS) is 23.1. The Morgan fingerprint density at radius 1 is 1.00 bits per heavy atom. The minimum absolute atomic E-state index is 0.646. The lowest BCUT2D eigenvalue weighted by atomic mass is 9.92. The van der Waals surface area contributed by atoms with Crippen molar-refractivity contribution >= 4 is 0 Å². The summed E-state index contributed by atoms with van der Waals surface area (Å²) in [5.74, 6) is 0. The van der Waals surface area contributed by atoms with Crippen LogP contribution in [0.5, 0.6) is 0 Å². The van der Waals surface area contributed by atoms with E-state index in [0.717, 1.165) is 5.56 Å². The highest BCUT2D eigenvalue weighted by atomic mass is 16.3. The minimum atomic E-state index is -0.740. The van der Waals surface area contributed by atoms with Crippen molar-refractivity contribution in [1.82, 2.24) is 0 Å². The number of pyridine rings is 1. The summed E-state index contributed by atoms with van der Waals surface area (Å²) in [6.45, 7) is 0.646. The number of rotatable bonds is 1. The van der Waals surface area contributed by atoms with E-state index in [1.165, 1.54) is 5.69 Å². The average Bonchev–Trinajstić information content (AvgIpc) is 2.68. The first-order valence-corrected chi connectivity index (χ1v) is 5.53. The summed E-state index contributed by atoms with van der Waals surface area (Å²) in [4.78, 5) is 0. The minimum Gasteiger partial charge on any atom is -0.378 e. The smallest absolute Gasteiger partial charge is 0.184 e. The van der Waals surface area contributed by atoms with Crippen LogP contribution in [0.4, 0.5) is 0 Å². The number of aromatic nitrogens is 1. The van der Waals surface area contributed by atoms with Crippen LogP contribution in [0.25, 0.3) is 0 Å². The maximum Gasteiger partial charge on any atom is 0.184 e. The molecule has 16 heavy (non-hydrogen) atoms. The summed E-state index contributed by atoms with van der Waals surface area (Å²) in [6, 6.07) is 16.0. The Hall–Kier alpha value is -1.67. The van der Waals surface area contributed by atoms with E-state index in [4.69, 9.17) is 0 Å². The third kappa shape index (κ3) is 1.42. The van der Waals surface area contributed by atoms with Gasteiger partial charge in [-0.25, -0.2) is 0 Å². The van der Waals surface area contributed by atoms with Crippen LogP contribution < -0.4 is 4.57 Å². The molecule has 80 valence electrons. The summed E-state index contributed by atoms with van der Waals surface area (Å²) < 4.78 is 2.12. The van der Waals surface area contributed by atoms with Crippen LogP contribution in [-0.2, 0) is 18.6 Å². The average molecular weight is 212 g/mol. The molecule has 2 nitrogen and oxygen atoms in total. The first kappa shape index (κ1) is 9.55. The third-order valence-corrected chi connectivity index (χ3v) is 3.25. The van der Waals surface area contributed by atoms with Gasteiger partial charge in [-0.05, 0) is 5.56 Å². The molecular weight excluding hydrogens is 198 g/mol. The van der Waals surface area contributed by atoms with Crippen LogP contribution in [0.3, 0.4) is 0 Å². The summed E-state index contributed by atoms with van der Waals surface area (Å²) in [6.07, 6.45) is 2.72. The maximum atomic E-state index is 10.7. The molecule has 0 amide bonds. The lowest BCUT2D eigenvalue weighted by Crippen LogP contribution is -2.39. The Balaban J connectivity index is 2.01. The van der Waals surface area contributed by atoms with E-state index in [1.54, 1.807) is 0 Å². The van der Waals surface area contributed by atoms with Gasteiger partial charge in [0, 0.05) is 12.1 Å². The fraction of sp³-hybridized carbons (Fsp3) is 0.214. The highest BCUT2D eigenvalue weighted by Crippen LogP contribution is 2.29. The van der Waals surface area contributed by atoms with Crippen molar-refractivity contribution in [2.45, 2.75) is 18.6 Å². The molecule has 2 aromatic rings. The number of nitrogens with zero attached hydrogens (tertiary/aromatic N) is 1. The molecule has 0 radical (unpaired) electrons. The van der Waals surface area contributed by atoms with Gasteiger partial charge in [-0.3, -0.25) is 0 Å². The molecule has 3 rings (SSSR count). The molecule has 0 saturated heterocycles. The van der Waals surface area contributed by atoms with Crippen molar-refractivity contribution in [3.63, 3.8) is 0 Å². The van der Waals surface area contributed by atoms with Gasteiger partial charge in [0.2, 0.25) is 0 Å². The van der Waals surface area contributed by atoms with Gasteiger partial charge in [-0.2, -0.15) is 4.57 Å². The predicted molar refractivity (Wildman–Crippen MR) is 60.7 cm³/mol. The molecule has 1 atom stereocenters. The second-order valence-electron chi connectivity index (χ2n) is 4.39. The maximum absolute atomic E-state index is 10.7. The van der Waals surface area contributed by atoms with E-state index < -0.39 is 5.60 Å². The van der Waals surface area contributed by atoms with E-state index in [0.29, 0.717) is 13.0 Å². The van der Waals surface area contributed by atoms with Crippen molar-refractivity contribution in [2.75, 3.05) is 0 Å². The molecular formula is C14H14NO+. The number of aliphatic hydroxyl groups is 1. The highest BCUT2D eigenvalue weighted by molar-refractivity contribution is 5.24. The first-order chi connectivity index (χ1) is 7.78. The van der Waals surface area contributed by atoms with Crippen LogP contribution in [0.2, 0.25) is 0 Å². The van der Waals surface area contributed by atoms with Crippen molar-refractivity contribution in [1.29, 1.82) is 0 Å². The van der Waals surface area contributed by atoms with Gasteiger partial charge < -0.3 is 5.11 Å². The fourth-order valence-corrected chi connectivity index (χ4v) is 2.41. The second kappa shape index (κ2) is 3.42. The van der Waals surface area contributed by atoms with Gasteiger partial charge >= 0.3 is 0 Å². The molecule has 2 heterocycles. The molecule has 0 fully saturated rings. The first-order valence-electron chi connectivity index (χ1n) is 5.53. The lowest BCUT2D eigenvalue weighted by Gasteiger charge is -2.17. The van der Waals surface area contributed by atoms with Crippen LogP contribution in [0.1, 0.15) is 11.3 Å². The molecule has 1 aromatic carbocycles. The van der Waals surface area contributed by atoms with E-state index in [-0.39, 0.29) is 0 Å².